The van der Waals surface area contributed by atoms with Crippen LogP contribution in [0.2, 0.25) is 0 Å². The lowest BCUT2D eigenvalue weighted by molar-refractivity contribution is 0.206. The lowest BCUT2D eigenvalue weighted by atomic mass is 10.2. The molecule has 124 valence electrons. The Morgan fingerprint density at radius 2 is 2.26 bits per heavy atom. The largest absolute Gasteiger partial charge is 0.497 e. The number of carbonyl (C=O) groups excluding carboxylic acids is 1. The fraction of sp³-hybridized carbons (Fsp3) is 0.412. The molecule has 0 bridgehead atoms. The molecule has 0 radical (unpaired) electrons. The van der Waals surface area contributed by atoms with E-state index < -0.39 is 0 Å². The number of hydrogen-bond donors (Lipinski definition) is 1. The Balaban J connectivity index is 1.71. The summed E-state index contributed by atoms with van der Waals surface area (Å²) in [7, 11) is 3.42. The van der Waals surface area contributed by atoms with Gasteiger partial charge in [-0.3, -0.25) is 4.68 Å². The molecule has 6 nitrogen and oxygen atoms in total. The number of ether oxygens (including phenoxy) is 1. The van der Waals surface area contributed by atoms with E-state index in [-0.39, 0.29) is 6.03 Å². The number of aromatic nitrogens is 2. The van der Waals surface area contributed by atoms with Gasteiger partial charge in [-0.2, -0.15) is 5.10 Å². The van der Waals surface area contributed by atoms with Crippen LogP contribution in [-0.2, 0) is 13.1 Å². The van der Waals surface area contributed by atoms with E-state index in [9.17, 15) is 4.79 Å². The Bertz CT molecular complexity index is 639. The van der Waals surface area contributed by atoms with Crippen LogP contribution in [-0.4, -0.2) is 41.4 Å². The molecule has 2 aromatic rings. The smallest absolute Gasteiger partial charge is 0.317 e. The van der Waals surface area contributed by atoms with Gasteiger partial charge in [0.25, 0.3) is 0 Å². The molecule has 0 atom stereocenters. The zero-order valence-electron chi connectivity index (χ0n) is 14.0. The first-order chi connectivity index (χ1) is 11.1. The maximum atomic E-state index is 12.1. The lowest BCUT2D eigenvalue weighted by Gasteiger charge is -2.18. The van der Waals surface area contributed by atoms with E-state index in [1.807, 2.05) is 48.3 Å². The minimum Gasteiger partial charge on any atom is -0.497 e. The second-order valence-corrected chi connectivity index (χ2v) is 5.57. The Labute approximate surface area is 137 Å². The van der Waals surface area contributed by atoms with Crippen molar-refractivity contribution in [2.75, 3.05) is 20.7 Å². The van der Waals surface area contributed by atoms with Crippen molar-refractivity contribution in [1.29, 1.82) is 0 Å². The summed E-state index contributed by atoms with van der Waals surface area (Å²) in [6.07, 6.45) is 4.68. The number of amides is 2. The van der Waals surface area contributed by atoms with Crippen LogP contribution in [0.5, 0.6) is 5.75 Å². The van der Waals surface area contributed by atoms with Crippen molar-refractivity contribution in [2.45, 2.75) is 26.4 Å². The zero-order chi connectivity index (χ0) is 16.7. The van der Waals surface area contributed by atoms with Gasteiger partial charge in [0.2, 0.25) is 0 Å². The molecule has 0 fully saturated rings. The highest BCUT2D eigenvalue weighted by atomic mass is 16.5. The first kappa shape index (κ1) is 16.9. The Kier molecular flexibility index (Phi) is 6.02. The van der Waals surface area contributed by atoms with Crippen LogP contribution in [0.1, 0.15) is 17.5 Å². The van der Waals surface area contributed by atoms with Crippen molar-refractivity contribution in [2.24, 2.45) is 0 Å². The molecule has 0 saturated heterocycles. The predicted octanol–water partition coefficient (Wildman–Crippen LogP) is 2.43. The molecule has 2 rings (SSSR count). The molecule has 0 spiro atoms. The maximum Gasteiger partial charge on any atom is 0.317 e. The van der Waals surface area contributed by atoms with Gasteiger partial charge in [0, 0.05) is 32.9 Å². The van der Waals surface area contributed by atoms with Gasteiger partial charge in [0.1, 0.15) is 5.75 Å². The quantitative estimate of drug-likeness (QED) is 0.798. The van der Waals surface area contributed by atoms with Crippen molar-refractivity contribution < 1.29 is 9.53 Å². The molecule has 0 aliphatic rings. The van der Waals surface area contributed by atoms with Crippen molar-refractivity contribution in [3.63, 3.8) is 0 Å². The summed E-state index contributed by atoms with van der Waals surface area (Å²) < 4.78 is 7.08. The normalized spacial score (nSPS) is 10.4. The Morgan fingerprint density at radius 1 is 1.43 bits per heavy atom. The van der Waals surface area contributed by atoms with Gasteiger partial charge in [-0.05, 0) is 36.6 Å². The zero-order valence-corrected chi connectivity index (χ0v) is 14.0. The summed E-state index contributed by atoms with van der Waals surface area (Å²) in [5.74, 6) is 0.797. The van der Waals surface area contributed by atoms with E-state index >= 15 is 0 Å². The van der Waals surface area contributed by atoms with E-state index in [2.05, 4.69) is 10.4 Å². The molecule has 2 amide bonds. The molecular weight excluding hydrogens is 292 g/mol. The molecule has 1 N–H and O–H groups in total. The molecule has 1 aromatic carbocycles. The Hall–Kier alpha value is -2.50. The number of nitrogens with one attached hydrogen (secondary N) is 1. The minimum absolute atomic E-state index is 0.0792. The molecular formula is C17H24N4O2. The lowest BCUT2D eigenvalue weighted by Crippen LogP contribution is -2.37. The first-order valence-corrected chi connectivity index (χ1v) is 7.69. The second-order valence-electron chi connectivity index (χ2n) is 5.57. The molecule has 6 heteroatoms. The van der Waals surface area contributed by atoms with Crippen LogP contribution in [0.3, 0.4) is 0 Å². The second kappa shape index (κ2) is 8.22. The average Bonchev–Trinajstić information content (AvgIpc) is 2.97. The average molecular weight is 316 g/mol. The Morgan fingerprint density at radius 3 is 2.96 bits per heavy atom. The molecule has 0 saturated carbocycles. The molecule has 0 aliphatic carbocycles. The highest BCUT2D eigenvalue weighted by Crippen LogP contribution is 2.13. The molecule has 1 heterocycles. The third kappa shape index (κ3) is 5.32. The summed E-state index contributed by atoms with van der Waals surface area (Å²) >= 11 is 0. The highest BCUT2D eigenvalue weighted by Gasteiger charge is 2.08. The van der Waals surface area contributed by atoms with Crippen LogP contribution in [0, 0.1) is 6.92 Å². The molecule has 23 heavy (non-hydrogen) atoms. The third-order valence-corrected chi connectivity index (χ3v) is 3.50. The van der Waals surface area contributed by atoms with Crippen LogP contribution in [0.15, 0.2) is 36.7 Å². The topological polar surface area (TPSA) is 59.4 Å². The number of nitrogens with zero attached hydrogens (tertiary/aromatic N) is 3. The number of benzene rings is 1. The fourth-order valence-corrected chi connectivity index (χ4v) is 2.28. The highest BCUT2D eigenvalue weighted by molar-refractivity contribution is 5.73. The standard InChI is InChI=1S/C17H24N4O2/c1-14-11-19-21(12-14)9-5-8-18-17(22)20(2)13-15-6-4-7-16(10-15)23-3/h4,6-7,10-12H,5,8-9,13H2,1-3H3,(H,18,22). The van der Waals surface area contributed by atoms with Crippen molar-refractivity contribution in [3.05, 3.63) is 47.8 Å². The third-order valence-electron chi connectivity index (χ3n) is 3.50. The van der Waals surface area contributed by atoms with E-state index in [1.54, 1.807) is 19.1 Å². The van der Waals surface area contributed by atoms with Gasteiger partial charge >= 0.3 is 6.03 Å². The number of rotatable bonds is 7. The van der Waals surface area contributed by atoms with Crippen LogP contribution in [0.4, 0.5) is 4.79 Å². The van der Waals surface area contributed by atoms with Gasteiger partial charge < -0.3 is 15.0 Å². The minimum atomic E-state index is -0.0792. The van der Waals surface area contributed by atoms with Gasteiger partial charge in [-0.1, -0.05) is 12.1 Å². The number of methoxy groups -OCH3 is 1. The summed E-state index contributed by atoms with van der Waals surface area (Å²) in [6.45, 7) is 3.98. The van der Waals surface area contributed by atoms with Gasteiger partial charge in [0.05, 0.1) is 13.3 Å². The van der Waals surface area contributed by atoms with Gasteiger partial charge in [0.15, 0.2) is 0 Å². The summed E-state index contributed by atoms with van der Waals surface area (Å²) in [4.78, 5) is 13.7. The van der Waals surface area contributed by atoms with Crippen LogP contribution < -0.4 is 10.1 Å². The number of hydrogen-bond acceptors (Lipinski definition) is 3. The van der Waals surface area contributed by atoms with Crippen LogP contribution >= 0.6 is 0 Å². The molecule has 0 aliphatic heterocycles. The van der Waals surface area contributed by atoms with Crippen molar-refractivity contribution >= 4 is 6.03 Å². The van der Waals surface area contributed by atoms with E-state index in [0.717, 1.165) is 29.8 Å². The fourth-order valence-electron chi connectivity index (χ4n) is 2.28. The van der Waals surface area contributed by atoms with Gasteiger partial charge in [-0.15, -0.1) is 0 Å². The van der Waals surface area contributed by atoms with E-state index in [4.69, 9.17) is 4.74 Å². The first-order valence-electron chi connectivity index (χ1n) is 7.69. The van der Waals surface area contributed by atoms with Crippen molar-refractivity contribution in [3.8, 4) is 5.75 Å². The summed E-state index contributed by atoms with van der Waals surface area (Å²) in [6, 6.07) is 7.65. The molecule has 1 aromatic heterocycles. The number of aryl methyl sites for hydroxylation is 2. The maximum absolute atomic E-state index is 12.1. The predicted molar refractivity (Wildman–Crippen MR) is 89.4 cm³/mol. The number of urea groups is 1. The molecule has 0 unspecified atom stereocenters. The van der Waals surface area contributed by atoms with Gasteiger partial charge in [-0.25, -0.2) is 4.79 Å². The monoisotopic (exact) mass is 316 g/mol. The SMILES string of the molecule is COc1cccc(CN(C)C(=O)NCCCn2cc(C)cn2)c1. The summed E-state index contributed by atoms with van der Waals surface area (Å²) in [5.41, 5.74) is 2.18. The van der Waals surface area contributed by atoms with E-state index in [1.165, 1.54) is 0 Å². The number of carbonyl (C=O) groups is 1. The van der Waals surface area contributed by atoms with E-state index in [0.29, 0.717) is 13.1 Å². The van der Waals surface area contributed by atoms with Crippen LogP contribution in [0.25, 0.3) is 0 Å². The van der Waals surface area contributed by atoms with Crippen molar-refractivity contribution in [1.82, 2.24) is 20.0 Å². The summed E-state index contributed by atoms with van der Waals surface area (Å²) in [5, 5.41) is 7.14.